The van der Waals surface area contributed by atoms with Crippen molar-refractivity contribution in [2.24, 2.45) is 0 Å². The Labute approximate surface area is 151 Å². The van der Waals surface area contributed by atoms with E-state index in [0.29, 0.717) is 0 Å². The van der Waals surface area contributed by atoms with Crippen LogP contribution in [0.25, 0.3) is 33.3 Å². The zero-order valence-corrected chi connectivity index (χ0v) is 14.6. The summed E-state index contributed by atoms with van der Waals surface area (Å²) in [5, 5.41) is 1.13. The highest BCUT2D eigenvalue weighted by atomic mass is 16.5. The number of aromatic nitrogens is 3. The summed E-state index contributed by atoms with van der Waals surface area (Å²) >= 11 is 0. The van der Waals surface area contributed by atoms with Crippen molar-refractivity contribution in [3.05, 3.63) is 66.2 Å². The molecule has 5 rings (SSSR count). The van der Waals surface area contributed by atoms with E-state index in [2.05, 4.69) is 45.3 Å². The quantitative estimate of drug-likeness (QED) is 0.563. The topological polar surface area (TPSA) is 50.8 Å². The molecule has 0 atom stereocenters. The van der Waals surface area contributed by atoms with Gasteiger partial charge in [0, 0.05) is 46.4 Å². The van der Waals surface area contributed by atoms with Gasteiger partial charge in [0.1, 0.15) is 11.4 Å². The van der Waals surface area contributed by atoms with Gasteiger partial charge in [-0.25, -0.2) is 4.98 Å². The number of H-pyrrole nitrogens is 1. The van der Waals surface area contributed by atoms with E-state index in [1.165, 1.54) is 16.7 Å². The van der Waals surface area contributed by atoms with Crippen LogP contribution in [0.5, 0.6) is 5.75 Å². The Bertz CT molecular complexity index is 1110. The summed E-state index contributed by atoms with van der Waals surface area (Å²) in [5.74, 6) is 1.02. The van der Waals surface area contributed by atoms with E-state index in [1.54, 1.807) is 0 Å². The first-order valence-corrected chi connectivity index (χ1v) is 8.95. The van der Waals surface area contributed by atoms with Gasteiger partial charge in [-0.15, -0.1) is 0 Å². The van der Waals surface area contributed by atoms with Gasteiger partial charge in [-0.2, -0.15) is 0 Å². The fourth-order valence-corrected chi connectivity index (χ4v) is 3.71. The van der Waals surface area contributed by atoms with Gasteiger partial charge in [0.05, 0.1) is 6.61 Å². The number of hydrogen-bond donors (Lipinski definition) is 1. The minimum atomic E-state index is 0.817. The number of nitrogens with one attached hydrogen (secondary N) is 1. The monoisotopic (exact) mass is 341 g/mol. The summed E-state index contributed by atoms with van der Waals surface area (Å²) in [5.41, 5.74) is 7.77. The molecule has 0 radical (unpaired) electrons. The van der Waals surface area contributed by atoms with Crippen LogP contribution in [0.2, 0.25) is 0 Å². The van der Waals surface area contributed by atoms with Crippen LogP contribution in [0.1, 0.15) is 17.7 Å². The van der Waals surface area contributed by atoms with Crippen LogP contribution in [0.15, 0.2) is 55.0 Å². The molecule has 0 bridgehead atoms. The molecule has 0 unspecified atom stereocenters. The maximum Gasteiger partial charge on any atom is 0.137 e. The molecule has 4 heteroatoms. The van der Waals surface area contributed by atoms with E-state index in [1.807, 2.05) is 31.6 Å². The van der Waals surface area contributed by atoms with E-state index in [-0.39, 0.29) is 0 Å². The van der Waals surface area contributed by atoms with Crippen LogP contribution >= 0.6 is 0 Å². The molecule has 1 aromatic carbocycles. The molecule has 4 nitrogen and oxygen atoms in total. The highest BCUT2D eigenvalue weighted by Crippen LogP contribution is 2.35. The van der Waals surface area contributed by atoms with Crippen molar-refractivity contribution >= 4 is 11.0 Å². The number of nitrogens with zero attached hydrogens (tertiary/aromatic N) is 2. The minimum absolute atomic E-state index is 0.817. The Hall–Kier alpha value is -3.14. The SMILES string of the molecule is Cc1ncccc1-c1cnc2[nH]cc(-c3ccc4c(c3)CCCO4)c2c1. The van der Waals surface area contributed by atoms with Gasteiger partial charge in [0.2, 0.25) is 0 Å². The van der Waals surface area contributed by atoms with Crippen molar-refractivity contribution in [3.63, 3.8) is 0 Å². The Balaban J connectivity index is 1.65. The van der Waals surface area contributed by atoms with Crippen molar-refractivity contribution in [2.45, 2.75) is 19.8 Å². The largest absolute Gasteiger partial charge is 0.493 e. The maximum atomic E-state index is 5.75. The average Bonchev–Trinajstić information content (AvgIpc) is 3.11. The molecule has 1 N–H and O–H groups in total. The summed E-state index contributed by atoms with van der Waals surface area (Å²) in [6.07, 6.45) is 7.93. The third-order valence-corrected chi connectivity index (χ3v) is 5.07. The van der Waals surface area contributed by atoms with Gasteiger partial charge in [-0.05, 0) is 55.2 Å². The molecule has 0 spiro atoms. The van der Waals surface area contributed by atoms with Gasteiger partial charge in [0.25, 0.3) is 0 Å². The van der Waals surface area contributed by atoms with Crippen molar-refractivity contribution in [3.8, 4) is 28.0 Å². The van der Waals surface area contributed by atoms with Crippen LogP contribution in [0, 0.1) is 6.92 Å². The van der Waals surface area contributed by atoms with E-state index in [9.17, 15) is 0 Å². The first kappa shape index (κ1) is 15.1. The first-order chi connectivity index (χ1) is 12.8. The Morgan fingerprint density at radius 1 is 1.04 bits per heavy atom. The second-order valence-electron chi connectivity index (χ2n) is 6.73. The third kappa shape index (κ3) is 2.46. The molecule has 4 aromatic rings. The molecule has 1 aliphatic rings. The molecule has 1 aliphatic heterocycles. The van der Waals surface area contributed by atoms with Gasteiger partial charge >= 0.3 is 0 Å². The van der Waals surface area contributed by atoms with Crippen LogP contribution in [0.4, 0.5) is 0 Å². The summed E-state index contributed by atoms with van der Waals surface area (Å²) in [6, 6.07) is 12.7. The number of fused-ring (bicyclic) bond motifs is 2. The molecule has 3 aromatic heterocycles. The lowest BCUT2D eigenvalue weighted by molar-refractivity contribution is 0.288. The number of pyridine rings is 2. The second kappa shape index (κ2) is 5.99. The standard InChI is InChI=1S/C22H19N3O/c1-14-18(5-2-8-23-14)17-11-19-20(13-25-22(19)24-12-17)15-6-7-21-16(10-15)4-3-9-26-21/h2,5-8,10-13H,3-4,9H2,1H3,(H,24,25). The number of benzene rings is 1. The average molecular weight is 341 g/mol. The highest BCUT2D eigenvalue weighted by Gasteiger charge is 2.14. The molecule has 128 valence electrons. The summed E-state index contributed by atoms with van der Waals surface area (Å²) in [6.45, 7) is 2.85. The molecular weight excluding hydrogens is 322 g/mol. The van der Waals surface area contributed by atoms with E-state index in [4.69, 9.17) is 4.74 Å². The molecule has 0 saturated carbocycles. The highest BCUT2D eigenvalue weighted by molar-refractivity contribution is 5.96. The lowest BCUT2D eigenvalue weighted by Gasteiger charge is -2.17. The smallest absolute Gasteiger partial charge is 0.137 e. The van der Waals surface area contributed by atoms with Gasteiger partial charge < -0.3 is 9.72 Å². The van der Waals surface area contributed by atoms with Crippen molar-refractivity contribution in [1.82, 2.24) is 15.0 Å². The normalized spacial score (nSPS) is 13.4. The van der Waals surface area contributed by atoms with Crippen LogP contribution in [0.3, 0.4) is 0 Å². The zero-order valence-electron chi connectivity index (χ0n) is 14.6. The van der Waals surface area contributed by atoms with E-state index < -0.39 is 0 Å². The molecular formula is C22H19N3O. The number of ether oxygens (including phenoxy) is 1. The predicted molar refractivity (Wildman–Crippen MR) is 103 cm³/mol. The van der Waals surface area contributed by atoms with E-state index in [0.717, 1.165) is 53.1 Å². The lowest BCUT2D eigenvalue weighted by Crippen LogP contribution is -2.07. The van der Waals surface area contributed by atoms with Crippen molar-refractivity contribution in [2.75, 3.05) is 6.61 Å². The fourth-order valence-electron chi connectivity index (χ4n) is 3.71. The van der Waals surface area contributed by atoms with Crippen LogP contribution in [-0.2, 0) is 6.42 Å². The van der Waals surface area contributed by atoms with Crippen molar-refractivity contribution in [1.29, 1.82) is 0 Å². The lowest BCUT2D eigenvalue weighted by atomic mass is 9.98. The van der Waals surface area contributed by atoms with Gasteiger partial charge in [-0.1, -0.05) is 12.1 Å². The van der Waals surface area contributed by atoms with Gasteiger partial charge in [-0.3, -0.25) is 4.98 Å². The Kier molecular flexibility index (Phi) is 3.49. The summed E-state index contributed by atoms with van der Waals surface area (Å²) in [4.78, 5) is 12.3. The molecule has 0 saturated heterocycles. The molecule has 4 heterocycles. The zero-order chi connectivity index (χ0) is 17.5. The summed E-state index contributed by atoms with van der Waals surface area (Å²) < 4.78 is 5.75. The molecule has 0 fully saturated rings. The summed E-state index contributed by atoms with van der Waals surface area (Å²) in [7, 11) is 0. The number of hydrogen-bond acceptors (Lipinski definition) is 3. The molecule has 26 heavy (non-hydrogen) atoms. The number of aryl methyl sites for hydroxylation is 2. The van der Waals surface area contributed by atoms with E-state index >= 15 is 0 Å². The van der Waals surface area contributed by atoms with Crippen LogP contribution in [-0.4, -0.2) is 21.6 Å². The van der Waals surface area contributed by atoms with Crippen LogP contribution < -0.4 is 4.74 Å². The Morgan fingerprint density at radius 2 is 2.00 bits per heavy atom. The number of aromatic amines is 1. The Morgan fingerprint density at radius 3 is 2.92 bits per heavy atom. The first-order valence-electron chi connectivity index (χ1n) is 8.95. The fraction of sp³-hybridized carbons (Fsp3) is 0.182. The van der Waals surface area contributed by atoms with Crippen molar-refractivity contribution < 1.29 is 4.74 Å². The second-order valence-corrected chi connectivity index (χ2v) is 6.73. The molecule has 0 aliphatic carbocycles. The predicted octanol–water partition coefficient (Wildman–Crippen LogP) is 4.93. The number of rotatable bonds is 2. The minimum Gasteiger partial charge on any atom is -0.493 e. The maximum absolute atomic E-state index is 5.75. The molecule has 0 amide bonds. The van der Waals surface area contributed by atoms with Gasteiger partial charge in [0.15, 0.2) is 0 Å². The third-order valence-electron chi connectivity index (χ3n) is 5.07.